The quantitative estimate of drug-likeness (QED) is 0.0978. The van der Waals surface area contributed by atoms with E-state index in [1.807, 2.05) is 0 Å². The smallest absolute Gasteiger partial charge is 0.311 e. The van der Waals surface area contributed by atoms with Crippen molar-refractivity contribution in [2.45, 2.75) is 136 Å². The third-order valence-corrected chi connectivity index (χ3v) is 6.18. The van der Waals surface area contributed by atoms with Crippen LogP contribution in [0.4, 0.5) is 0 Å². The monoisotopic (exact) mass is 442 g/mol. The summed E-state index contributed by atoms with van der Waals surface area (Å²) in [6.45, 7) is 10.9. The van der Waals surface area contributed by atoms with E-state index in [0.29, 0.717) is 18.3 Å². The number of carbonyl (C=O) groups excluding carboxylic acids is 1. The van der Waals surface area contributed by atoms with Gasteiger partial charge in [0.05, 0.1) is 0 Å². The minimum Gasteiger partial charge on any atom is -0.426 e. The van der Waals surface area contributed by atoms with Crippen LogP contribution in [0.5, 0.6) is 5.75 Å². The van der Waals surface area contributed by atoms with Gasteiger partial charge in [-0.3, -0.25) is 4.79 Å². The fourth-order valence-electron chi connectivity index (χ4n) is 4.11. The largest absolute Gasteiger partial charge is 0.426 e. The second kappa shape index (κ2) is 17.9. The van der Waals surface area contributed by atoms with E-state index in [-0.39, 0.29) is 5.97 Å². The van der Waals surface area contributed by atoms with Gasteiger partial charge in [-0.25, -0.2) is 0 Å². The summed E-state index contributed by atoms with van der Waals surface area (Å²) in [5, 5.41) is 0. The van der Waals surface area contributed by atoms with Crippen molar-refractivity contribution in [2.75, 3.05) is 0 Å². The van der Waals surface area contributed by atoms with Crippen LogP contribution in [-0.2, 0) is 4.79 Å². The standard InChI is InChI=1S/C30H50O2/c1-6-7-8-9-10-11-12-13-14-15-16-17-18-19-20-24-29(31)32-30-27(25(2)3)22-21-23-28(30)26(4)5/h13-14,21-23,25-26H,6-12,15-20,24H2,1-5H3/b14-13-. The van der Waals surface area contributed by atoms with Crippen LogP contribution >= 0.6 is 0 Å². The molecule has 1 aromatic carbocycles. The Morgan fingerprint density at radius 1 is 0.750 bits per heavy atom. The van der Waals surface area contributed by atoms with E-state index < -0.39 is 0 Å². The van der Waals surface area contributed by atoms with E-state index in [4.69, 9.17) is 4.74 Å². The number of ether oxygens (including phenoxy) is 1. The molecule has 0 atom stereocenters. The maximum absolute atomic E-state index is 12.5. The molecule has 0 amide bonds. The number of para-hydroxylation sites is 1. The van der Waals surface area contributed by atoms with Crippen LogP contribution in [0.25, 0.3) is 0 Å². The van der Waals surface area contributed by atoms with Gasteiger partial charge in [-0.05, 0) is 55.1 Å². The number of hydrogen-bond donors (Lipinski definition) is 0. The number of benzene rings is 1. The SMILES string of the molecule is CCCCCCCC/C=C\CCCCCCCC(=O)Oc1c(C(C)C)cccc1C(C)C. The number of unbranched alkanes of at least 4 members (excludes halogenated alkanes) is 11. The zero-order valence-electron chi connectivity index (χ0n) is 21.8. The molecule has 0 heterocycles. The molecule has 0 aromatic heterocycles. The van der Waals surface area contributed by atoms with Gasteiger partial charge < -0.3 is 4.74 Å². The molecule has 2 heteroatoms. The van der Waals surface area contributed by atoms with Gasteiger partial charge in [0.15, 0.2) is 0 Å². The first kappa shape index (κ1) is 28.5. The van der Waals surface area contributed by atoms with Crippen LogP contribution in [0.3, 0.4) is 0 Å². The van der Waals surface area contributed by atoms with Crippen molar-refractivity contribution in [3.8, 4) is 5.75 Å². The Kier molecular flexibility index (Phi) is 15.9. The first-order chi connectivity index (χ1) is 15.5. The van der Waals surface area contributed by atoms with Crippen LogP contribution in [-0.4, -0.2) is 5.97 Å². The van der Waals surface area contributed by atoms with Gasteiger partial charge in [0.2, 0.25) is 0 Å². The van der Waals surface area contributed by atoms with Crippen molar-refractivity contribution in [2.24, 2.45) is 0 Å². The molecular formula is C30H50O2. The molecule has 0 aliphatic rings. The molecule has 0 bridgehead atoms. The van der Waals surface area contributed by atoms with E-state index in [0.717, 1.165) is 29.7 Å². The average molecular weight is 443 g/mol. The van der Waals surface area contributed by atoms with Crippen molar-refractivity contribution < 1.29 is 9.53 Å². The lowest BCUT2D eigenvalue weighted by atomic mass is 9.94. The third-order valence-electron chi connectivity index (χ3n) is 6.18. The molecule has 0 N–H and O–H groups in total. The molecule has 0 radical (unpaired) electrons. The normalized spacial score (nSPS) is 11.7. The number of carbonyl (C=O) groups is 1. The molecule has 1 rings (SSSR count). The highest BCUT2D eigenvalue weighted by Gasteiger charge is 2.17. The number of hydrogen-bond acceptors (Lipinski definition) is 2. The molecule has 182 valence electrons. The molecular weight excluding hydrogens is 392 g/mol. The molecule has 1 aromatic rings. The zero-order chi connectivity index (χ0) is 23.6. The summed E-state index contributed by atoms with van der Waals surface area (Å²) < 4.78 is 5.87. The summed E-state index contributed by atoms with van der Waals surface area (Å²) >= 11 is 0. The molecule has 0 saturated carbocycles. The van der Waals surface area contributed by atoms with Crippen LogP contribution in [0, 0.1) is 0 Å². The number of esters is 1. The minimum absolute atomic E-state index is 0.0855. The summed E-state index contributed by atoms with van der Waals surface area (Å²) in [6.07, 6.45) is 21.7. The molecule has 0 spiro atoms. The van der Waals surface area contributed by atoms with Gasteiger partial charge in [0.1, 0.15) is 5.75 Å². The van der Waals surface area contributed by atoms with Gasteiger partial charge in [-0.2, -0.15) is 0 Å². The lowest BCUT2D eigenvalue weighted by molar-refractivity contribution is -0.134. The van der Waals surface area contributed by atoms with E-state index in [1.54, 1.807) is 0 Å². The lowest BCUT2D eigenvalue weighted by Crippen LogP contribution is -2.12. The number of rotatable bonds is 18. The predicted molar refractivity (Wildman–Crippen MR) is 140 cm³/mol. The minimum atomic E-state index is -0.0855. The summed E-state index contributed by atoms with van der Waals surface area (Å²) in [5.41, 5.74) is 2.27. The highest BCUT2D eigenvalue weighted by Crippen LogP contribution is 2.34. The molecule has 32 heavy (non-hydrogen) atoms. The summed E-state index contributed by atoms with van der Waals surface area (Å²) in [5.74, 6) is 1.40. The lowest BCUT2D eigenvalue weighted by Gasteiger charge is -2.18. The molecule has 0 unspecified atom stereocenters. The summed E-state index contributed by atoms with van der Waals surface area (Å²) in [4.78, 5) is 12.5. The number of allylic oxidation sites excluding steroid dienone is 2. The molecule has 0 fully saturated rings. The fraction of sp³-hybridized carbons (Fsp3) is 0.700. The van der Waals surface area contributed by atoms with Crippen LogP contribution in [0.15, 0.2) is 30.4 Å². The second-order valence-corrected chi connectivity index (χ2v) is 9.88. The van der Waals surface area contributed by atoms with Crippen molar-refractivity contribution in [3.63, 3.8) is 0 Å². The van der Waals surface area contributed by atoms with Gasteiger partial charge >= 0.3 is 5.97 Å². The Bertz CT molecular complexity index is 616. The van der Waals surface area contributed by atoms with Crippen molar-refractivity contribution in [1.82, 2.24) is 0 Å². The highest BCUT2D eigenvalue weighted by atomic mass is 16.5. The predicted octanol–water partition coefficient (Wildman–Crippen LogP) is 9.88. The topological polar surface area (TPSA) is 26.3 Å². The van der Waals surface area contributed by atoms with Crippen molar-refractivity contribution >= 4 is 5.97 Å². The Balaban J connectivity index is 2.15. The molecule has 0 aliphatic heterocycles. The maximum atomic E-state index is 12.5. The van der Waals surface area contributed by atoms with E-state index in [2.05, 4.69) is 65.0 Å². The maximum Gasteiger partial charge on any atom is 0.311 e. The van der Waals surface area contributed by atoms with Crippen LogP contribution < -0.4 is 4.74 Å². The first-order valence-electron chi connectivity index (χ1n) is 13.5. The van der Waals surface area contributed by atoms with Gasteiger partial charge in [0.25, 0.3) is 0 Å². The van der Waals surface area contributed by atoms with Crippen molar-refractivity contribution in [1.29, 1.82) is 0 Å². The Hall–Kier alpha value is -1.57. The third kappa shape index (κ3) is 12.5. The van der Waals surface area contributed by atoms with Crippen LogP contribution in [0.2, 0.25) is 0 Å². The van der Waals surface area contributed by atoms with Crippen LogP contribution in [0.1, 0.15) is 147 Å². The molecule has 0 saturated heterocycles. The van der Waals surface area contributed by atoms with Gasteiger partial charge in [-0.1, -0.05) is 116 Å². The van der Waals surface area contributed by atoms with E-state index in [1.165, 1.54) is 70.6 Å². The molecule has 2 nitrogen and oxygen atoms in total. The van der Waals surface area contributed by atoms with Gasteiger partial charge in [0, 0.05) is 6.42 Å². The van der Waals surface area contributed by atoms with E-state index in [9.17, 15) is 4.79 Å². The van der Waals surface area contributed by atoms with Gasteiger partial charge in [-0.15, -0.1) is 0 Å². The highest BCUT2D eigenvalue weighted by molar-refractivity contribution is 5.73. The second-order valence-electron chi connectivity index (χ2n) is 9.88. The Labute approximate surface area is 199 Å². The molecule has 0 aliphatic carbocycles. The Morgan fingerprint density at radius 2 is 1.22 bits per heavy atom. The van der Waals surface area contributed by atoms with E-state index >= 15 is 0 Å². The average Bonchev–Trinajstić information content (AvgIpc) is 2.76. The Morgan fingerprint density at radius 3 is 1.72 bits per heavy atom. The fourth-order valence-corrected chi connectivity index (χ4v) is 4.11. The first-order valence-corrected chi connectivity index (χ1v) is 13.5. The van der Waals surface area contributed by atoms with Crippen molar-refractivity contribution in [3.05, 3.63) is 41.5 Å². The zero-order valence-corrected chi connectivity index (χ0v) is 21.8. The summed E-state index contributed by atoms with van der Waals surface area (Å²) in [7, 11) is 0. The summed E-state index contributed by atoms with van der Waals surface area (Å²) in [6, 6.07) is 6.24.